The van der Waals surface area contributed by atoms with Gasteiger partial charge in [0.05, 0.1) is 0 Å². The third-order valence-electron chi connectivity index (χ3n) is 5.74. The molecule has 4 rings (SSSR count). The minimum absolute atomic E-state index is 0.0624. The van der Waals surface area contributed by atoms with Gasteiger partial charge in [0.2, 0.25) is 0 Å². The van der Waals surface area contributed by atoms with Crippen LogP contribution < -0.4 is 0 Å². The van der Waals surface area contributed by atoms with Crippen LogP contribution in [0.2, 0.25) is 0 Å². The molecular formula is C21H24FN. The Morgan fingerprint density at radius 1 is 0.957 bits per heavy atom. The summed E-state index contributed by atoms with van der Waals surface area (Å²) in [5.74, 6) is 0.609. The monoisotopic (exact) mass is 309 g/mol. The minimum Gasteiger partial charge on any atom is -0.293 e. The number of halogens is 1. The summed E-state index contributed by atoms with van der Waals surface area (Å²) in [5.41, 5.74) is 3.66. The van der Waals surface area contributed by atoms with E-state index in [1.807, 2.05) is 12.1 Å². The molecule has 2 atom stereocenters. The number of benzene rings is 2. The molecule has 2 aromatic rings. The highest BCUT2D eigenvalue weighted by molar-refractivity contribution is 5.26. The largest absolute Gasteiger partial charge is 0.293 e. The summed E-state index contributed by atoms with van der Waals surface area (Å²) in [4.78, 5) is 2.56. The normalized spacial score (nSPS) is 27.3. The highest BCUT2D eigenvalue weighted by Gasteiger charge is 2.41. The number of aryl methyl sites for hydroxylation is 1. The molecule has 0 unspecified atom stereocenters. The van der Waals surface area contributed by atoms with Gasteiger partial charge in [0.25, 0.3) is 0 Å². The molecule has 0 saturated carbocycles. The summed E-state index contributed by atoms with van der Waals surface area (Å²) >= 11 is 0. The van der Waals surface area contributed by atoms with Gasteiger partial charge in [-0.3, -0.25) is 4.90 Å². The number of piperidine rings is 1. The second kappa shape index (κ2) is 6.09. The zero-order valence-electron chi connectivity index (χ0n) is 13.7. The van der Waals surface area contributed by atoms with E-state index < -0.39 is 0 Å². The molecule has 0 aliphatic carbocycles. The first-order chi connectivity index (χ1) is 11.2. The number of rotatable bonds is 3. The van der Waals surface area contributed by atoms with Crippen LogP contribution in [0.4, 0.5) is 4.39 Å². The molecule has 2 heterocycles. The van der Waals surface area contributed by atoms with Gasteiger partial charge in [-0.2, -0.15) is 0 Å². The maximum absolute atomic E-state index is 14.0. The van der Waals surface area contributed by atoms with Crippen molar-refractivity contribution in [3.63, 3.8) is 0 Å². The fourth-order valence-corrected chi connectivity index (χ4v) is 4.47. The lowest BCUT2D eigenvalue weighted by atomic mass is 9.84. The molecule has 2 saturated heterocycles. The Labute approximate surface area is 138 Å². The summed E-state index contributed by atoms with van der Waals surface area (Å²) < 4.78 is 14.0. The second-order valence-electron chi connectivity index (χ2n) is 7.23. The van der Waals surface area contributed by atoms with Crippen molar-refractivity contribution in [2.24, 2.45) is 0 Å². The van der Waals surface area contributed by atoms with Crippen LogP contribution in [-0.2, 0) is 6.54 Å². The van der Waals surface area contributed by atoms with Crippen LogP contribution in [0, 0.1) is 12.7 Å². The Morgan fingerprint density at radius 3 is 2.26 bits per heavy atom. The van der Waals surface area contributed by atoms with Gasteiger partial charge in [-0.05, 0) is 50.2 Å². The summed E-state index contributed by atoms with van der Waals surface area (Å²) in [6, 6.07) is 17.5. The van der Waals surface area contributed by atoms with Crippen LogP contribution in [0.25, 0.3) is 0 Å². The molecule has 2 fully saturated rings. The van der Waals surface area contributed by atoms with Crippen molar-refractivity contribution in [2.45, 2.75) is 57.2 Å². The van der Waals surface area contributed by atoms with E-state index in [-0.39, 0.29) is 5.82 Å². The summed E-state index contributed by atoms with van der Waals surface area (Å²) in [6.45, 7) is 2.91. The van der Waals surface area contributed by atoms with Crippen molar-refractivity contribution in [2.75, 3.05) is 0 Å². The fraction of sp³-hybridized carbons (Fsp3) is 0.429. The molecule has 0 aromatic heterocycles. The smallest absolute Gasteiger partial charge is 0.127 e. The van der Waals surface area contributed by atoms with Gasteiger partial charge in [-0.15, -0.1) is 0 Å². The highest BCUT2D eigenvalue weighted by Crippen LogP contribution is 2.43. The van der Waals surface area contributed by atoms with E-state index in [4.69, 9.17) is 0 Å². The predicted octanol–water partition coefficient (Wildman–Crippen LogP) is 5.04. The molecule has 23 heavy (non-hydrogen) atoms. The molecular weight excluding hydrogens is 285 g/mol. The van der Waals surface area contributed by atoms with E-state index in [0.29, 0.717) is 18.0 Å². The first-order valence-electron chi connectivity index (χ1n) is 8.76. The Hall–Kier alpha value is -1.67. The average molecular weight is 309 g/mol. The standard InChI is InChI=1S/C21H24FN/c1-15-6-8-16(9-7-15)18-12-19-10-11-20(13-18)23(19)14-17-4-2-3-5-21(17)22/h2-9,18-20H,10-14H2,1H3/t19-,20-/m1/s1. The first kappa shape index (κ1) is 14.9. The molecule has 2 heteroatoms. The van der Waals surface area contributed by atoms with Crippen LogP contribution in [-0.4, -0.2) is 17.0 Å². The van der Waals surface area contributed by atoms with Gasteiger partial charge in [-0.1, -0.05) is 48.0 Å². The Morgan fingerprint density at radius 2 is 1.61 bits per heavy atom. The van der Waals surface area contributed by atoms with E-state index in [1.54, 1.807) is 12.1 Å². The quantitative estimate of drug-likeness (QED) is 0.767. The molecule has 0 amide bonds. The average Bonchev–Trinajstić information content (AvgIpc) is 2.79. The van der Waals surface area contributed by atoms with Crippen molar-refractivity contribution >= 4 is 0 Å². The Balaban J connectivity index is 1.50. The van der Waals surface area contributed by atoms with Crippen LogP contribution in [0.1, 0.15) is 48.3 Å². The van der Waals surface area contributed by atoms with Crippen molar-refractivity contribution < 1.29 is 4.39 Å². The van der Waals surface area contributed by atoms with Gasteiger partial charge in [0.15, 0.2) is 0 Å². The summed E-state index contributed by atoms with van der Waals surface area (Å²) in [6.07, 6.45) is 4.96. The van der Waals surface area contributed by atoms with Crippen LogP contribution in [0.15, 0.2) is 48.5 Å². The predicted molar refractivity (Wildman–Crippen MR) is 91.9 cm³/mol. The lowest BCUT2D eigenvalue weighted by Crippen LogP contribution is -2.41. The maximum Gasteiger partial charge on any atom is 0.127 e. The van der Waals surface area contributed by atoms with Gasteiger partial charge < -0.3 is 0 Å². The number of hydrogen-bond acceptors (Lipinski definition) is 1. The van der Waals surface area contributed by atoms with E-state index in [0.717, 1.165) is 12.1 Å². The highest BCUT2D eigenvalue weighted by atomic mass is 19.1. The van der Waals surface area contributed by atoms with Crippen molar-refractivity contribution in [1.82, 2.24) is 4.90 Å². The second-order valence-corrected chi connectivity index (χ2v) is 7.23. The number of hydrogen-bond donors (Lipinski definition) is 0. The van der Waals surface area contributed by atoms with E-state index >= 15 is 0 Å². The fourth-order valence-electron chi connectivity index (χ4n) is 4.47. The lowest BCUT2D eigenvalue weighted by molar-refractivity contribution is 0.117. The topological polar surface area (TPSA) is 3.24 Å². The van der Waals surface area contributed by atoms with Crippen molar-refractivity contribution in [3.8, 4) is 0 Å². The molecule has 2 bridgehead atoms. The van der Waals surface area contributed by atoms with Crippen molar-refractivity contribution in [1.29, 1.82) is 0 Å². The molecule has 0 radical (unpaired) electrons. The zero-order valence-corrected chi connectivity index (χ0v) is 13.7. The molecule has 120 valence electrons. The number of nitrogens with zero attached hydrogens (tertiary/aromatic N) is 1. The van der Waals surface area contributed by atoms with Gasteiger partial charge >= 0.3 is 0 Å². The molecule has 0 spiro atoms. The van der Waals surface area contributed by atoms with E-state index in [2.05, 4.69) is 36.1 Å². The molecule has 2 aromatic carbocycles. The van der Waals surface area contributed by atoms with Crippen LogP contribution in [0.5, 0.6) is 0 Å². The minimum atomic E-state index is -0.0624. The molecule has 2 aliphatic rings. The van der Waals surface area contributed by atoms with Crippen molar-refractivity contribution in [3.05, 3.63) is 71.0 Å². The molecule has 0 N–H and O–H groups in total. The Kier molecular flexibility index (Phi) is 3.94. The third-order valence-corrected chi connectivity index (χ3v) is 5.74. The first-order valence-corrected chi connectivity index (χ1v) is 8.76. The Bertz CT molecular complexity index is 664. The van der Waals surface area contributed by atoms with Crippen LogP contribution >= 0.6 is 0 Å². The van der Waals surface area contributed by atoms with Gasteiger partial charge in [0.1, 0.15) is 5.82 Å². The van der Waals surface area contributed by atoms with E-state index in [1.165, 1.54) is 36.8 Å². The van der Waals surface area contributed by atoms with Gasteiger partial charge in [-0.25, -0.2) is 4.39 Å². The lowest BCUT2D eigenvalue weighted by Gasteiger charge is -2.39. The van der Waals surface area contributed by atoms with Crippen LogP contribution in [0.3, 0.4) is 0 Å². The summed E-state index contributed by atoms with van der Waals surface area (Å²) in [7, 11) is 0. The SMILES string of the molecule is Cc1ccc(C2C[C@H]3CC[C@H](C2)N3Cc2ccccc2F)cc1. The third kappa shape index (κ3) is 2.92. The summed E-state index contributed by atoms with van der Waals surface area (Å²) in [5, 5.41) is 0. The zero-order chi connectivity index (χ0) is 15.8. The molecule has 2 aliphatic heterocycles. The number of fused-ring (bicyclic) bond motifs is 2. The van der Waals surface area contributed by atoms with E-state index in [9.17, 15) is 4.39 Å². The van der Waals surface area contributed by atoms with Gasteiger partial charge in [0, 0.05) is 24.2 Å². The maximum atomic E-state index is 14.0. The molecule has 1 nitrogen and oxygen atoms in total.